The van der Waals surface area contributed by atoms with E-state index in [2.05, 4.69) is 56.4 Å². The van der Waals surface area contributed by atoms with E-state index in [0.29, 0.717) is 5.92 Å². The van der Waals surface area contributed by atoms with E-state index in [-0.39, 0.29) is 0 Å². The van der Waals surface area contributed by atoms with E-state index in [9.17, 15) is 0 Å². The van der Waals surface area contributed by atoms with Crippen molar-refractivity contribution in [1.29, 1.82) is 0 Å². The van der Waals surface area contributed by atoms with E-state index in [0.717, 1.165) is 6.42 Å². The molecule has 1 atom stereocenters. The van der Waals surface area contributed by atoms with Crippen LogP contribution in [-0.2, 0) is 0 Å². The highest BCUT2D eigenvalue weighted by Gasteiger charge is 2.00. The Labute approximate surface area is 81.4 Å². The SMILES string of the molecule is CC/C=C\C=C/C1=CC(C)CC=C1. The third-order valence-corrected chi connectivity index (χ3v) is 2.07. The Morgan fingerprint density at radius 3 is 3.00 bits per heavy atom. The lowest BCUT2D eigenvalue weighted by Gasteiger charge is -2.08. The van der Waals surface area contributed by atoms with E-state index in [1.165, 1.54) is 12.0 Å². The molecule has 0 aromatic rings. The molecule has 0 amide bonds. The highest BCUT2D eigenvalue weighted by Crippen LogP contribution is 2.16. The minimum absolute atomic E-state index is 0.694. The van der Waals surface area contributed by atoms with Gasteiger partial charge in [-0.2, -0.15) is 0 Å². The van der Waals surface area contributed by atoms with Crippen molar-refractivity contribution < 1.29 is 0 Å². The molecular formula is C13H18. The summed E-state index contributed by atoms with van der Waals surface area (Å²) in [6, 6.07) is 0. The van der Waals surface area contributed by atoms with Gasteiger partial charge < -0.3 is 0 Å². The second-order valence-electron chi connectivity index (χ2n) is 3.48. The summed E-state index contributed by atoms with van der Waals surface area (Å²) >= 11 is 0. The first-order valence-corrected chi connectivity index (χ1v) is 5.04. The molecule has 0 N–H and O–H groups in total. The summed E-state index contributed by atoms with van der Waals surface area (Å²) < 4.78 is 0. The standard InChI is InChI=1S/C13H18/c1-3-4-5-6-9-13-10-7-8-12(2)11-13/h4-7,9-12H,3,8H2,1-2H3/b5-4-,9-6-. The fraction of sp³-hybridized carbons (Fsp3) is 0.385. The van der Waals surface area contributed by atoms with Crippen LogP contribution in [0.25, 0.3) is 0 Å². The lowest BCUT2D eigenvalue weighted by Crippen LogP contribution is -1.92. The molecule has 13 heavy (non-hydrogen) atoms. The fourth-order valence-electron chi connectivity index (χ4n) is 1.36. The summed E-state index contributed by atoms with van der Waals surface area (Å²) in [5, 5.41) is 0. The highest BCUT2D eigenvalue weighted by atomic mass is 14.1. The third kappa shape index (κ3) is 3.93. The zero-order valence-corrected chi connectivity index (χ0v) is 8.53. The average molecular weight is 174 g/mol. The Hall–Kier alpha value is -1.04. The van der Waals surface area contributed by atoms with Gasteiger partial charge in [-0.1, -0.05) is 56.4 Å². The summed E-state index contributed by atoms with van der Waals surface area (Å²) in [5.41, 5.74) is 1.33. The Morgan fingerprint density at radius 1 is 1.46 bits per heavy atom. The lowest BCUT2D eigenvalue weighted by molar-refractivity contribution is 0.732. The molecule has 0 heterocycles. The number of hydrogen-bond acceptors (Lipinski definition) is 0. The zero-order valence-electron chi connectivity index (χ0n) is 8.53. The molecule has 70 valence electrons. The molecular weight excluding hydrogens is 156 g/mol. The Bertz CT molecular complexity index is 251. The van der Waals surface area contributed by atoms with E-state index >= 15 is 0 Å². The van der Waals surface area contributed by atoms with Gasteiger partial charge in [0.2, 0.25) is 0 Å². The van der Waals surface area contributed by atoms with Crippen LogP contribution >= 0.6 is 0 Å². The van der Waals surface area contributed by atoms with Crippen molar-refractivity contribution in [2.45, 2.75) is 26.7 Å². The van der Waals surface area contributed by atoms with Gasteiger partial charge in [0.1, 0.15) is 0 Å². The molecule has 0 bridgehead atoms. The molecule has 1 rings (SSSR count). The minimum atomic E-state index is 0.694. The van der Waals surface area contributed by atoms with Crippen molar-refractivity contribution in [1.82, 2.24) is 0 Å². The molecule has 0 spiro atoms. The molecule has 0 radical (unpaired) electrons. The van der Waals surface area contributed by atoms with Crippen molar-refractivity contribution in [3.8, 4) is 0 Å². The maximum Gasteiger partial charge on any atom is -0.0218 e. The van der Waals surface area contributed by atoms with Crippen molar-refractivity contribution in [2.24, 2.45) is 5.92 Å². The number of allylic oxidation sites excluding steroid dienone is 8. The van der Waals surface area contributed by atoms with Crippen LogP contribution in [-0.4, -0.2) is 0 Å². The maximum atomic E-state index is 2.32. The van der Waals surface area contributed by atoms with Crippen LogP contribution in [0.3, 0.4) is 0 Å². The highest BCUT2D eigenvalue weighted by molar-refractivity contribution is 5.35. The van der Waals surface area contributed by atoms with Crippen LogP contribution in [0.1, 0.15) is 26.7 Å². The van der Waals surface area contributed by atoms with Crippen LogP contribution in [0.15, 0.2) is 48.1 Å². The molecule has 0 aromatic heterocycles. The van der Waals surface area contributed by atoms with Crippen LogP contribution < -0.4 is 0 Å². The molecule has 1 aliphatic carbocycles. The predicted octanol–water partition coefficient (Wildman–Crippen LogP) is 4.03. The largest absolute Gasteiger partial charge is 0.0848 e. The lowest BCUT2D eigenvalue weighted by atomic mass is 9.98. The second kappa shape index (κ2) is 5.58. The van der Waals surface area contributed by atoms with Gasteiger partial charge in [-0.25, -0.2) is 0 Å². The first-order valence-electron chi connectivity index (χ1n) is 5.04. The smallest absolute Gasteiger partial charge is 0.0218 e. The summed E-state index contributed by atoms with van der Waals surface area (Å²) in [6.45, 7) is 4.39. The molecule has 0 saturated carbocycles. The van der Waals surface area contributed by atoms with Gasteiger partial charge in [0.15, 0.2) is 0 Å². The van der Waals surface area contributed by atoms with Crippen molar-refractivity contribution >= 4 is 0 Å². The van der Waals surface area contributed by atoms with E-state index < -0.39 is 0 Å². The Morgan fingerprint density at radius 2 is 2.31 bits per heavy atom. The molecule has 0 saturated heterocycles. The molecule has 0 fully saturated rings. The first-order chi connectivity index (χ1) is 6.33. The third-order valence-electron chi connectivity index (χ3n) is 2.07. The van der Waals surface area contributed by atoms with Crippen LogP contribution in [0, 0.1) is 5.92 Å². The fourth-order valence-corrected chi connectivity index (χ4v) is 1.36. The molecule has 0 aliphatic heterocycles. The minimum Gasteiger partial charge on any atom is -0.0848 e. The quantitative estimate of drug-likeness (QED) is 0.567. The normalized spacial score (nSPS) is 22.9. The van der Waals surface area contributed by atoms with Crippen molar-refractivity contribution in [2.75, 3.05) is 0 Å². The molecule has 0 heteroatoms. The van der Waals surface area contributed by atoms with Gasteiger partial charge >= 0.3 is 0 Å². The molecule has 0 aromatic carbocycles. The molecule has 1 aliphatic rings. The maximum absolute atomic E-state index is 2.32. The zero-order chi connectivity index (χ0) is 9.52. The number of rotatable bonds is 3. The van der Waals surface area contributed by atoms with Gasteiger partial charge in [-0.05, 0) is 24.3 Å². The first kappa shape index (κ1) is 10.0. The van der Waals surface area contributed by atoms with Crippen molar-refractivity contribution in [3.05, 3.63) is 48.1 Å². The van der Waals surface area contributed by atoms with Crippen molar-refractivity contribution in [3.63, 3.8) is 0 Å². The van der Waals surface area contributed by atoms with E-state index in [1.54, 1.807) is 0 Å². The topological polar surface area (TPSA) is 0 Å². The molecule has 0 nitrogen and oxygen atoms in total. The van der Waals surface area contributed by atoms with Crippen LogP contribution in [0.4, 0.5) is 0 Å². The van der Waals surface area contributed by atoms with Gasteiger partial charge in [-0.3, -0.25) is 0 Å². The van der Waals surface area contributed by atoms with Crippen LogP contribution in [0.2, 0.25) is 0 Å². The monoisotopic (exact) mass is 174 g/mol. The molecule has 1 unspecified atom stereocenters. The van der Waals surface area contributed by atoms with Gasteiger partial charge in [0.05, 0.1) is 0 Å². The van der Waals surface area contributed by atoms with E-state index in [1.807, 2.05) is 0 Å². The second-order valence-corrected chi connectivity index (χ2v) is 3.48. The van der Waals surface area contributed by atoms with Gasteiger partial charge in [0, 0.05) is 0 Å². The Balaban J connectivity index is 2.48. The van der Waals surface area contributed by atoms with E-state index in [4.69, 9.17) is 0 Å². The Kier molecular flexibility index (Phi) is 4.31. The van der Waals surface area contributed by atoms with Crippen LogP contribution in [0.5, 0.6) is 0 Å². The van der Waals surface area contributed by atoms with Gasteiger partial charge in [-0.15, -0.1) is 0 Å². The average Bonchev–Trinajstić information content (AvgIpc) is 2.13. The van der Waals surface area contributed by atoms with Gasteiger partial charge in [0.25, 0.3) is 0 Å². The summed E-state index contributed by atoms with van der Waals surface area (Å²) in [6.07, 6.45) is 17.6. The summed E-state index contributed by atoms with van der Waals surface area (Å²) in [5.74, 6) is 0.694. The summed E-state index contributed by atoms with van der Waals surface area (Å²) in [7, 11) is 0. The number of hydrogen-bond donors (Lipinski definition) is 0. The predicted molar refractivity (Wildman–Crippen MR) is 59.6 cm³/mol. The summed E-state index contributed by atoms with van der Waals surface area (Å²) in [4.78, 5) is 0.